The third-order valence-corrected chi connectivity index (χ3v) is 6.15. The van der Waals surface area contributed by atoms with E-state index in [0.29, 0.717) is 6.07 Å². The number of carbonyl (C=O) groups is 1. The first-order valence-corrected chi connectivity index (χ1v) is 10.2. The van der Waals surface area contributed by atoms with Gasteiger partial charge in [0.05, 0.1) is 32.8 Å². The largest absolute Gasteiger partial charge is 0.417 e. The Morgan fingerprint density at radius 1 is 1.13 bits per heavy atom. The monoisotopic (exact) mass is 481 g/mol. The molecule has 0 aromatic heterocycles. The van der Waals surface area contributed by atoms with E-state index >= 15 is 0 Å². The topological polar surface area (TPSA) is 49.3 Å². The number of halogens is 7. The van der Waals surface area contributed by atoms with Gasteiger partial charge < -0.3 is 10.4 Å². The second-order valence-corrected chi connectivity index (χ2v) is 8.27. The Balaban J connectivity index is 2.06. The van der Waals surface area contributed by atoms with Gasteiger partial charge in [0.25, 0.3) is 5.91 Å². The molecular formula is C21H18Cl2F5NO2. The van der Waals surface area contributed by atoms with Crippen LogP contribution in [0.2, 0.25) is 10.0 Å². The van der Waals surface area contributed by atoms with Gasteiger partial charge >= 0.3 is 6.18 Å². The highest BCUT2D eigenvalue weighted by Crippen LogP contribution is 2.43. The van der Waals surface area contributed by atoms with Gasteiger partial charge in [0.15, 0.2) is 0 Å². The molecule has 2 aromatic carbocycles. The van der Waals surface area contributed by atoms with E-state index in [2.05, 4.69) is 5.32 Å². The van der Waals surface area contributed by atoms with Crippen LogP contribution in [0.5, 0.6) is 0 Å². The molecule has 0 spiro atoms. The number of aliphatic hydroxyl groups is 1. The second-order valence-electron chi connectivity index (χ2n) is 7.49. The first-order valence-electron chi connectivity index (χ1n) is 9.41. The zero-order valence-electron chi connectivity index (χ0n) is 15.9. The van der Waals surface area contributed by atoms with Crippen LogP contribution in [0.3, 0.4) is 0 Å². The standard InChI is InChI=1S/C21H18Cl2F5NO2/c22-14-5-2-4-13(21(26,27)28)16(14)19(30)29-18(12-3-1-6-15(25)17(12)23)20(31)9-7-11(24)8-10-20/h1-6,11,18,31H,7-10H2,(H,29,30)/t11-,18?,20+. The lowest BCUT2D eigenvalue weighted by molar-refractivity contribution is -0.137. The minimum absolute atomic E-state index is 0.0320. The molecule has 1 amide bonds. The predicted octanol–water partition coefficient (Wildman–Crippen LogP) is 6.27. The van der Waals surface area contributed by atoms with Crippen LogP contribution in [-0.4, -0.2) is 22.8 Å². The molecule has 31 heavy (non-hydrogen) atoms. The summed E-state index contributed by atoms with van der Waals surface area (Å²) in [5.74, 6) is -2.06. The molecule has 0 heterocycles. The summed E-state index contributed by atoms with van der Waals surface area (Å²) in [6.45, 7) is 0. The van der Waals surface area contributed by atoms with Crippen LogP contribution in [0.4, 0.5) is 22.0 Å². The highest BCUT2D eigenvalue weighted by molar-refractivity contribution is 6.34. The molecule has 0 aliphatic heterocycles. The van der Waals surface area contributed by atoms with Crippen molar-refractivity contribution >= 4 is 29.1 Å². The van der Waals surface area contributed by atoms with Gasteiger partial charge in [0, 0.05) is 0 Å². The summed E-state index contributed by atoms with van der Waals surface area (Å²) in [6.07, 6.45) is -6.32. The van der Waals surface area contributed by atoms with E-state index in [-0.39, 0.29) is 31.2 Å². The smallest absolute Gasteiger partial charge is 0.387 e. The van der Waals surface area contributed by atoms with Gasteiger partial charge in [-0.3, -0.25) is 4.79 Å². The zero-order chi connectivity index (χ0) is 23.0. The van der Waals surface area contributed by atoms with E-state index in [1.54, 1.807) is 0 Å². The summed E-state index contributed by atoms with van der Waals surface area (Å²) in [5, 5.41) is 12.7. The minimum Gasteiger partial charge on any atom is -0.387 e. The Kier molecular flexibility index (Phi) is 6.84. The van der Waals surface area contributed by atoms with Gasteiger partial charge in [0.2, 0.25) is 0 Å². The molecule has 1 unspecified atom stereocenters. The molecule has 0 bridgehead atoms. The van der Waals surface area contributed by atoms with Crippen molar-refractivity contribution in [1.29, 1.82) is 0 Å². The predicted molar refractivity (Wildman–Crippen MR) is 106 cm³/mol. The van der Waals surface area contributed by atoms with Crippen molar-refractivity contribution < 1.29 is 31.9 Å². The molecule has 1 saturated carbocycles. The Bertz CT molecular complexity index is 975. The molecule has 168 valence electrons. The lowest BCUT2D eigenvalue weighted by Gasteiger charge is -2.41. The van der Waals surface area contributed by atoms with Crippen molar-refractivity contribution in [2.45, 2.75) is 49.7 Å². The molecule has 1 atom stereocenters. The molecule has 0 saturated heterocycles. The van der Waals surface area contributed by atoms with Crippen molar-refractivity contribution in [2.75, 3.05) is 0 Å². The second kappa shape index (κ2) is 8.92. The number of hydrogen-bond acceptors (Lipinski definition) is 2. The quantitative estimate of drug-likeness (QED) is 0.505. The molecule has 2 N–H and O–H groups in total. The number of alkyl halides is 4. The van der Waals surface area contributed by atoms with Crippen LogP contribution in [0.25, 0.3) is 0 Å². The van der Waals surface area contributed by atoms with Crippen molar-refractivity contribution in [3.63, 3.8) is 0 Å². The fourth-order valence-electron chi connectivity index (χ4n) is 3.81. The first kappa shape index (κ1) is 23.8. The van der Waals surface area contributed by atoms with E-state index in [1.807, 2.05) is 0 Å². The number of benzene rings is 2. The maximum absolute atomic E-state index is 14.1. The van der Waals surface area contributed by atoms with Gasteiger partial charge in [-0.15, -0.1) is 0 Å². The number of hydrogen-bond donors (Lipinski definition) is 2. The Morgan fingerprint density at radius 3 is 2.35 bits per heavy atom. The van der Waals surface area contributed by atoms with Gasteiger partial charge in [-0.2, -0.15) is 13.2 Å². The average Bonchev–Trinajstić information content (AvgIpc) is 2.70. The highest BCUT2D eigenvalue weighted by atomic mass is 35.5. The maximum atomic E-state index is 14.1. The van der Waals surface area contributed by atoms with Crippen LogP contribution in [0.1, 0.15) is 53.2 Å². The van der Waals surface area contributed by atoms with Crippen molar-refractivity contribution in [3.8, 4) is 0 Å². The maximum Gasteiger partial charge on any atom is 0.417 e. The zero-order valence-corrected chi connectivity index (χ0v) is 17.5. The summed E-state index contributed by atoms with van der Waals surface area (Å²) >= 11 is 11.9. The van der Waals surface area contributed by atoms with E-state index in [1.165, 1.54) is 12.1 Å². The Hall–Kier alpha value is -1.90. The lowest BCUT2D eigenvalue weighted by Crippen LogP contribution is -2.49. The molecule has 3 nitrogen and oxygen atoms in total. The Labute approximate surface area is 185 Å². The molecule has 10 heteroatoms. The minimum atomic E-state index is -4.87. The van der Waals surface area contributed by atoms with Crippen LogP contribution < -0.4 is 5.32 Å². The van der Waals surface area contributed by atoms with Gasteiger partial charge in [0.1, 0.15) is 12.0 Å². The summed E-state index contributed by atoms with van der Waals surface area (Å²) < 4.78 is 68.1. The fraction of sp³-hybridized carbons (Fsp3) is 0.381. The summed E-state index contributed by atoms with van der Waals surface area (Å²) in [7, 11) is 0. The fourth-order valence-corrected chi connectivity index (χ4v) is 4.31. The molecule has 3 rings (SSSR count). The van der Waals surface area contributed by atoms with Crippen molar-refractivity contribution in [1.82, 2.24) is 5.32 Å². The van der Waals surface area contributed by atoms with Gasteiger partial charge in [-0.05, 0) is 49.4 Å². The number of amides is 1. The lowest BCUT2D eigenvalue weighted by atomic mass is 9.76. The van der Waals surface area contributed by atoms with E-state index in [9.17, 15) is 31.9 Å². The van der Waals surface area contributed by atoms with E-state index < -0.39 is 56.9 Å². The highest BCUT2D eigenvalue weighted by Gasteiger charge is 2.44. The van der Waals surface area contributed by atoms with Crippen molar-refractivity contribution in [2.24, 2.45) is 0 Å². The van der Waals surface area contributed by atoms with E-state index in [0.717, 1.165) is 18.2 Å². The van der Waals surface area contributed by atoms with Crippen LogP contribution >= 0.6 is 23.2 Å². The molecule has 0 radical (unpaired) electrons. The van der Waals surface area contributed by atoms with Crippen molar-refractivity contribution in [3.05, 3.63) is 69.0 Å². The normalized spacial score (nSPS) is 22.8. The van der Waals surface area contributed by atoms with Gasteiger partial charge in [-0.1, -0.05) is 41.4 Å². The Morgan fingerprint density at radius 2 is 1.74 bits per heavy atom. The molecular weight excluding hydrogens is 464 g/mol. The third kappa shape index (κ3) is 4.96. The van der Waals surface area contributed by atoms with Gasteiger partial charge in [-0.25, -0.2) is 8.78 Å². The number of nitrogens with one attached hydrogen (secondary N) is 1. The molecule has 1 fully saturated rings. The third-order valence-electron chi connectivity index (χ3n) is 5.43. The summed E-state index contributed by atoms with van der Waals surface area (Å²) in [5.41, 5.74) is -3.89. The SMILES string of the molecule is O=C(NC(c1cccc(F)c1Cl)[C@]1(O)CC[C@@H](F)CC1)c1c(Cl)cccc1C(F)(F)F. The van der Waals surface area contributed by atoms with Crippen LogP contribution in [0.15, 0.2) is 36.4 Å². The van der Waals surface area contributed by atoms with Crippen LogP contribution in [-0.2, 0) is 6.18 Å². The number of carbonyl (C=O) groups excluding carboxylic acids is 1. The summed E-state index contributed by atoms with van der Waals surface area (Å²) in [6, 6.07) is 5.17. The number of rotatable bonds is 4. The first-order chi connectivity index (χ1) is 14.4. The molecule has 2 aromatic rings. The molecule has 1 aliphatic carbocycles. The molecule has 1 aliphatic rings. The van der Waals surface area contributed by atoms with Crippen LogP contribution in [0, 0.1) is 5.82 Å². The summed E-state index contributed by atoms with van der Waals surface area (Å²) in [4.78, 5) is 12.9. The van der Waals surface area contributed by atoms with E-state index in [4.69, 9.17) is 23.2 Å². The average molecular weight is 482 g/mol.